The van der Waals surface area contributed by atoms with Crippen molar-refractivity contribution in [2.75, 3.05) is 44.6 Å². The van der Waals surface area contributed by atoms with E-state index < -0.39 is 0 Å². The SMILES string of the molecule is COCCCN=C(NN)Nc1ccc(N(C)C)cc1. The minimum absolute atomic E-state index is 0.550. The lowest BCUT2D eigenvalue weighted by molar-refractivity contribution is 0.197. The van der Waals surface area contributed by atoms with E-state index in [9.17, 15) is 0 Å². The van der Waals surface area contributed by atoms with E-state index in [4.69, 9.17) is 10.6 Å². The van der Waals surface area contributed by atoms with Gasteiger partial charge in [-0.2, -0.15) is 0 Å². The maximum atomic E-state index is 5.43. The van der Waals surface area contributed by atoms with Crippen LogP contribution < -0.4 is 21.5 Å². The van der Waals surface area contributed by atoms with Crippen LogP contribution in [0.3, 0.4) is 0 Å². The number of nitrogens with two attached hydrogens (primary N) is 1. The van der Waals surface area contributed by atoms with Gasteiger partial charge in [0.05, 0.1) is 0 Å². The Labute approximate surface area is 114 Å². The Bertz CT molecular complexity index is 389. The number of hydrazine groups is 1. The first kappa shape index (κ1) is 15.3. The number of nitrogens with one attached hydrogen (secondary N) is 2. The van der Waals surface area contributed by atoms with Crippen LogP contribution in [0, 0.1) is 0 Å². The third-order valence-corrected chi connectivity index (χ3v) is 2.56. The summed E-state index contributed by atoms with van der Waals surface area (Å²) in [6.45, 7) is 1.36. The van der Waals surface area contributed by atoms with Gasteiger partial charge in [-0.1, -0.05) is 0 Å². The topological polar surface area (TPSA) is 74.9 Å². The number of nitrogens with zero attached hydrogens (tertiary/aromatic N) is 2. The number of methoxy groups -OCH3 is 1. The fraction of sp³-hybridized carbons (Fsp3) is 0.462. The number of ether oxygens (including phenoxy) is 1. The van der Waals surface area contributed by atoms with Crippen molar-refractivity contribution in [1.29, 1.82) is 0 Å². The summed E-state index contributed by atoms with van der Waals surface area (Å²) < 4.78 is 4.97. The number of aliphatic imine (C=N–C) groups is 1. The van der Waals surface area contributed by atoms with Crippen molar-refractivity contribution in [3.05, 3.63) is 24.3 Å². The van der Waals surface area contributed by atoms with E-state index in [2.05, 4.69) is 15.7 Å². The number of hydrogen-bond acceptors (Lipinski definition) is 4. The van der Waals surface area contributed by atoms with Crippen molar-refractivity contribution in [3.8, 4) is 0 Å². The van der Waals surface area contributed by atoms with Crippen LogP contribution >= 0.6 is 0 Å². The zero-order valence-electron chi connectivity index (χ0n) is 11.8. The number of anilines is 2. The molecular formula is C13H23N5O. The maximum absolute atomic E-state index is 5.43. The van der Waals surface area contributed by atoms with Crippen LogP contribution in [-0.2, 0) is 4.74 Å². The molecule has 1 aromatic rings. The molecular weight excluding hydrogens is 242 g/mol. The number of rotatable bonds is 6. The van der Waals surface area contributed by atoms with E-state index in [1.54, 1.807) is 7.11 Å². The molecule has 0 bridgehead atoms. The highest BCUT2D eigenvalue weighted by Gasteiger charge is 1.99. The molecule has 6 heteroatoms. The van der Waals surface area contributed by atoms with Gasteiger partial charge in [0.2, 0.25) is 5.96 Å². The summed E-state index contributed by atoms with van der Waals surface area (Å²) in [5.41, 5.74) is 4.63. The lowest BCUT2D eigenvalue weighted by atomic mass is 10.2. The standard InChI is InChI=1S/C13H23N5O/c1-18(2)12-7-5-11(6-8-12)16-13(17-14)15-9-4-10-19-3/h5-8H,4,9-10,14H2,1-3H3,(H2,15,16,17). The van der Waals surface area contributed by atoms with Gasteiger partial charge < -0.3 is 15.0 Å². The van der Waals surface area contributed by atoms with E-state index >= 15 is 0 Å². The molecule has 0 amide bonds. The molecule has 0 spiro atoms. The van der Waals surface area contributed by atoms with Gasteiger partial charge in [-0.15, -0.1) is 0 Å². The highest BCUT2D eigenvalue weighted by Crippen LogP contribution is 2.15. The normalized spacial score (nSPS) is 11.3. The molecule has 0 atom stereocenters. The average molecular weight is 265 g/mol. The smallest absolute Gasteiger partial charge is 0.210 e. The summed E-state index contributed by atoms with van der Waals surface area (Å²) in [6.07, 6.45) is 0.864. The molecule has 0 aliphatic carbocycles. The van der Waals surface area contributed by atoms with E-state index in [-0.39, 0.29) is 0 Å². The molecule has 0 fully saturated rings. The quantitative estimate of drug-likeness (QED) is 0.235. The Hall–Kier alpha value is -1.79. The molecule has 0 heterocycles. The van der Waals surface area contributed by atoms with Gasteiger partial charge in [0, 0.05) is 45.7 Å². The lowest BCUT2D eigenvalue weighted by Crippen LogP contribution is -2.36. The second-order valence-corrected chi connectivity index (χ2v) is 4.29. The summed E-state index contributed by atoms with van der Waals surface area (Å²) in [4.78, 5) is 6.36. The van der Waals surface area contributed by atoms with E-state index in [0.717, 1.165) is 17.8 Å². The highest BCUT2D eigenvalue weighted by atomic mass is 16.5. The van der Waals surface area contributed by atoms with Crippen molar-refractivity contribution < 1.29 is 4.74 Å². The fourth-order valence-corrected chi connectivity index (χ4v) is 1.50. The van der Waals surface area contributed by atoms with Crippen molar-refractivity contribution in [2.45, 2.75) is 6.42 Å². The average Bonchev–Trinajstić information content (AvgIpc) is 2.42. The van der Waals surface area contributed by atoms with Crippen LogP contribution in [0.25, 0.3) is 0 Å². The molecule has 0 unspecified atom stereocenters. The van der Waals surface area contributed by atoms with Crippen molar-refractivity contribution in [3.63, 3.8) is 0 Å². The number of benzene rings is 1. The lowest BCUT2D eigenvalue weighted by Gasteiger charge is -2.14. The number of guanidine groups is 1. The van der Waals surface area contributed by atoms with Crippen LogP contribution in [0.5, 0.6) is 0 Å². The van der Waals surface area contributed by atoms with Crippen molar-refractivity contribution in [2.24, 2.45) is 10.8 Å². The molecule has 1 aromatic carbocycles. The number of hydrogen-bond donors (Lipinski definition) is 3. The first-order chi connectivity index (χ1) is 9.17. The highest BCUT2D eigenvalue weighted by molar-refractivity contribution is 5.93. The van der Waals surface area contributed by atoms with Crippen LogP contribution in [-0.4, -0.2) is 40.3 Å². The van der Waals surface area contributed by atoms with Gasteiger partial charge in [0.25, 0.3) is 0 Å². The molecule has 19 heavy (non-hydrogen) atoms. The molecule has 6 nitrogen and oxygen atoms in total. The summed E-state index contributed by atoms with van der Waals surface area (Å²) in [7, 11) is 5.69. The largest absolute Gasteiger partial charge is 0.385 e. The minimum Gasteiger partial charge on any atom is -0.385 e. The Kier molecular flexibility index (Phi) is 6.70. The Morgan fingerprint density at radius 1 is 1.32 bits per heavy atom. The minimum atomic E-state index is 0.550. The Balaban J connectivity index is 2.55. The molecule has 4 N–H and O–H groups in total. The van der Waals surface area contributed by atoms with Gasteiger partial charge in [-0.3, -0.25) is 10.4 Å². The predicted octanol–water partition coefficient (Wildman–Crippen LogP) is 1.02. The molecule has 0 aromatic heterocycles. The van der Waals surface area contributed by atoms with Crippen LogP contribution in [0.15, 0.2) is 29.3 Å². The molecule has 0 saturated heterocycles. The van der Waals surface area contributed by atoms with E-state index in [0.29, 0.717) is 19.1 Å². The van der Waals surface area contributed by atoms with Crippen LogP contribution in [0.2, 0.25) is 0 Å². The summed E-state index contributed by atoms with van der Waals surface area (Å²) >= 11 is 0. The molecule has 0 saturated carbocycles. The van der Waals surface area contributed by atoms with Crippen molar-refractivity contribution in [1.82, 2.24) is 5.43 Å². The first-order valence-electron chi connectivity index (χ1n) is 6.21. The van der Waals surface area contributed by atoms with Crippen molar-refractivity contribution >= 4 is 17.3 Å². The van der Waals surface area contributed by atoms with Gasteiger partial charge in [-0.25, -0.2) is 5.84 Å². The summed E-state index contributed by atoms with van der Waals surface area (Å²) in [5.74, 6) is 5.98. The first-order valence-corrected chi connectivity index (χ1v) is 6.21. The summed E-state index contributed by atoms with van der Waals surface area (Å²) in [5, 5.41) is 3.13. The van der Waals surface area contributed by atoms with E-state index in [1.165, 1.54) is 0 Å². The second-order valence-electron chi connectivity index (χ2n) is 4.29. The second kappa shape index (κ2) is 8.34. The van der Waals surface area contributed by atoms with E-state index in [1.807, 2.05) is 43.3 Å². The fourth-order valence-electron chi connectivity index (χ4n) is 1.50. The van der Waals surface area contributed by atoms with Crippen LogP contribution in [0.4, 0.5) is 11.4 Å². The molecule has 106 valence electrons. The third-order valence-electron chi connectivity index (χ3n) is 2.56. The summed E-state index contributed by atoms with van der Waals surface area (Å²) in [6, 6.07) is 8.03. The van der Waals surface area contributed by atoms with Gasteiger partial charge in [0.15, 0.2) is 0 Å². The molecule has 0 aliphatic rings. The zero-order chi connectivity index (χ0) is 14.1. The zero-order valence-corrected chi connectivity index (χ0v) is 11.8. The molecule has 0 aliphatic heterocycles. The van der Waals surface area contributed by atoms with Gasteiger partial charge >= 0.3 is 0 Å². The maximum Gasteiger partial charge on any atom is 0.210 e. The molecule has 0 radical (unpaired) electrons. The monoisotopic (exact) mass is 265 g/mol. The van der Waals surface area contributed by atoms with Gasteiger partial charge in [0.1, 0.15) is 0 Å². The Morgan fingerprint density at radius 2 is 2.00 bits per heavy atom. The van der Waals surface area contributed by atoms with Crippen LogP contribution in [0.1, 0.15) is 6.42 Å². The Morgan fingerprint density at radius 3 is 2.53 bits per heavy atom. The third kappa shape index (κ3) is 5.58. The predicted molar refractivity (Wildman–Crippen MR) is 80.5 cm³/mol. The van der Waals surface area contributed by atoms with Gasteiger partial charge in [-0.05, 0) is 30.7 Å². The molecule has 1 rings (SSSR count).